The van der Waals surface area contributed by atoms with Gasteiger partial charge in [0.15, 0.2) is 0 Å². The first-order valence-corrected chi connectivity index (χ1v) is 9.11. The number of nitrogens with zero attached hydrogens (tertiary/aromatic N) is 1. The van der Waals surface area contributed by atoms with Gasteiger partial charge in [0, 0.05) is 23.5 Å². The Kier molecular flexibility index (Phi) is 6.92. The average Bonchev–Trinajstić information content (AvgIpc) is 2.64. The van der Waals surface area contributed by atoms with Gasteiger partial charge in [-0.2, -0.15) is 0 Å². The molecule has 28 heavy (non-hydrogen) atoms. The third-order valence-electron chi connectivity index (χ3n) is 4.61. The highest BCUT2D eigenvalue weighted by atomic mass is 16.6. The fraction of sp³-hybridized carbons (Fsp3) is 0.400. The Bertz CT molecular complexity index is 856. The first-order chi connectivity index (χ1) is 13.3. The molecule has 1 aliphatic heterocycles. The third kappa shape index (κ3) is 4.57. The van der Waals surface area contributed by atoms with Gasteiger partial charge in [0.2, 0.25) is 0 Å². The maximum absolute atomic E-state index is 12.8. The number of ether oxygens (including phenoxy) is 1. The van der Waals surface area contributed by atoms with Crippen molar-refractivity contribution in [1.82, 2.24) is 5.32 Å². The number of non-ortho nitro benzene ring substituents is 1. The molecule has 1 aliphatic rings. The number of rotatable bonds is 8. The number of carbonyl (C=O) groups is 2. The number of hydrogen-bond acceptors (Lipinski definition) is 6. The van der Waals surface area contributed by atoms with Gasteiger partial charge in [0.05, 0.1) is 28.6 Å². The summed E-state index contributed by atoms with van der Waals surface area (Å²) in [4.78, 5) is 35.3. The number of carboxylic acids is 1. The molecule has 150 valence electrons. The molecule has 1 atom stereocenters. The number of esters is 1. The minimum atomic E-state index is -1.20. The van der Waals surface area contributed by atoms with E-state index < -0.39 is 22.8 Å². The van der Waals surface area contributed by atoms with Gasteiger partial charge < -0.3 is 15.2 Å². The summed E-state index contributed by atoms with van der Waals surface area (Å²) in [5.41, 5.74) is 1.15. The Morgan fingerprint density at radius 3 is 2.50 bits per heavy atom. The number of hydrogen-bond donors (Lipinski definition) is 2. The Morgan fingerprint density at radius 1 is 1.21 bits per heavy atom. The maximum Gasteiger partial charge on any atom is 0.336 e. The summed E-state index contributed by atoms with van der Waals surface area (Å²) in [6.45, 7) is 5.52. The van der Waals surface area contributed by atoms with Crippen LogP contribution in [0.4, 0.5) is 5.69 Å². The van der Waals surface area contributed by atoms with E-state index in [4.69, 9.17) is 4.74 Å². The fourth-order valence-electron chi connectivity index (χ4n) is 3.29. The van der Waals surface area contributed by atoms with Crippen molar-refractivity contribution >= 4 is 17.6 Å². The zero-order valence-corrected chi connectivity index (χ0v) is 16.2. The second kappa shape index (κ2) is 9.16. The van der Waals surface area contributed by atoms with Gasteiger partial charge in [-0.3, -0.25) is 10.1 Å². The van der Waals surface area contributed by atoms with Crippen molar-refractivity contribution in [3.63, 3.8) is 0 Å². The number of carboxylic acid groups (broad SMARTS) is 1. The van der Waals surface area contributed by atoms with E-state index in [-0.39, 0.29) is 23.4 Å². The Morgan fingerprint density at radius 2 is 1.89 bits per heavy atom. The van der Waals surface area contributed by atoms with E-state index in [1.54, 1.807) is 19.9 Å². The van der Waals surface area contributed by atoms with Crippen LogP contribution in [-0.2, 0) is 14.3 Å². The molecule has 2 rings (SSSR count). The number of carbonyl (C=O) groups excluding carboxylic acids is 1. The summed E-state index contributed by atoms with van der Waals surface area (Å²) in [5, 5.41) is 23.8. The quantitative estimate of drug-likeness (QED) is 0.302. The van der Waals surface area contributed by atoms with Crippen LogP contribution in [-0.4, -0.2) is 28.6 Å². The first kappa shape index (κ1) is 21.1. The van der Waals surface area contributed by atoms with E-state index in [2.05, 4.69) is 5.32 Å². The molecule has 0 fully saturated rings. The lowest BCUT2D eigenvalue weighted by Crippen LogP contribution is -2.32. The van der Waals surface area contributed by atoms with E-state index in [0.29, 0.717) is 23.4 Å². The SMILES string of the molecule is CCCCCOC(=O)C1=C(C)NC(C)=C(C(=O)O)C1c1cccc([N+](=O)[O-])c1. The molecule has 0 saturated carbocycles. The molecule has 1 aromatic carbocycles. The molecule has 0 spiro atoms. The second-order valence-electron chi connectivity index (χ2n) is 6.64. The monoisotopic (exact) mass is 388 g/mol. The number of allylic oxidation sites excluding steroid dienone is 2. The molecule has 0 bridgehead atoms. The lowest BCUT2D eigenvalue weighted by molar-refractivity contribution is -0.384. The zero-order chi connectivity index (χ0) is 20.8. The number of unbranched alkanes of at least 4 members (excludes halogenated alkanes) is 2. The third-order valence-corrected chi connectivity index (χ3v) is 4.61. The van der Waals surface area contributed by atoms with Crippen LogP contribution in [0.3, 0.4) is 0 Å². The smallest absolute Gasteiger partial charge is 0.336 e. The molecule has 1 heterocycles. The molecule has 1 unspecified atom stereocenters. The highest BCUT2D eigenvalue weighted by Crippen LogP contribution is 2.39. The highest BCUT2D eigenvalue weighted by molar-refractivity contribution is 5.99. The molecule has 0 amide bonds. The average molecular weight is 388 g/mol. The van der Waals surface area contributed by atoms with Crippen LogP contribution >= 0.6 is 0 Å². The summed E-state index contributed by atoms with van der Waals surface area (Å²) < 4.78 is 5.36. The van der Waals surface area contributed by atoms with Gasteiger partial charge in [0.25, 0.3) is 5.69 Å². The van der Waals surface area contributed by atoms with Gasteiger partial charge in [-0.05, 0) is 25.8 Å². The Labute approximate surface area is 163 Å². The van der Waals surface area contributed by atoms with Crippen molar-refractivity contribution < 1.29 is 24.4 Å². The van der Waals surface area contributed by atoms with Crippen molar-refractivity contribution in [1.29, 1.82) is 0 Å². The van der Waals surface area contributed by atoms with Crippen LogP contribution in [0.1, 0.15) is 51.5 Å². The number of aliphatic carboxylic acids is 1. The van der Waals surface area contributed by atoms with Crippen LogP contribution in [0.15, 0.2) is 46.8 Å². The van der Waals surface area contributed by atoms with E-state index in [1.165, 1.54) is 18.2 Å². The summed E-state index contributed by atoms with van der Waals surface area (Å²) in [6, 6.07) is 5.67. The van der Waals surface area contributed by atoms with Gasteiger partial charge in [-0.15, -0.1) is 0 Å². The summed E-state index contributed by atoms with van der Waals surface area (Å²) in [6.07, 6.45) is 2.60. The highest BCUT2D eigenvalue weighted by Gasteiger charge is 2.37. The standard InChI is InChI=1S/C20H24N2O6/c1-4-5-6-10-28-20(25)17-13(3)21-12(2)16(19(23)24)18(17)14-8-7-9-15(11-14)22(26)27/h7-9,11,18,21H,4-6,10H2,1-3H3,(H,23,24). The Hall–Kier alpha value is -3.16. The Balaban J connectivity index is 2.50. The van der Waals surface area contributed by atoms with Gasteiger partial charge >= 0.3 is 11.9 Å². The van der Waals surface area contributed by atoms with Gasteiger partial charge in [-0.1, -0.05) is 31.9 Å². The van der Waals surface area contributed by atoms with Gasteiger partial charge in [-0.25, -0.2) is 9.59 Å². The number of nitrogens with one attached hydrogen (secondary N) is 1. The molecular weight excluding hydrogens is 364 g/mol. The second-order valence-corrected chi connectivity index (χ2v) is 6.64. The van der Waals surface area contributed by atoms with E-state index in [9.17, 15) is 24.8 Å². The molecule has 8 heteroatoms. The van der Waals surface area contributed by atoms with Crippen molar-refractivity contribution in [2.45, 2.75) is 46.0 Å². The minimum absolute atomic E-state index is 0.0355. The minimum Gasteiger partial charge on any atom is -0.478 e. The summed E-state index contributed by atoms with van der Waals surface area (Å²) in [7, 11) is 0. The van der Waals surface area contributed by atoms with Crippen LogP contribution in [0.2, 0.25) is 0 Å². The zero-order valence-electron chi connectivity index (χ0n) is 16.2. The lowest BCUT2D eigenvalue weighted by Gasteiger charge is -2.29. The van der Waals surface area contributed by atoms with E-state index >= 15 is 0 Å². The number of nitro benzene ring substituents is 1. The van der Waals surface area contributed by atoms with Crippen LogP contribution in [0.25, 0.3) is 0 Å². The van der Waals surface area contributed by atoms with Crippen molar-refractivity contribution in [3.8, 4) is 0 Å². The molecule has 1 aromatic rings. The lowest BCUT2D eigenvalue weighted by atomic mass is 9.80. The van der Waals surface area contributed by atoms with Crippen molar-refractivity contribution in [2.75, 3.05) is 6.61 Å². The van der Waals surface area contributed by atoms with Gasteiger partial charge in [0.1, 0.15) is 0 Å². The predicted molar refractivity (Wildman–Crippen MR) is 102 cm³/mol. The largest absolute Gasteiger partial charge is 0.478 e. The number of dihydropyridines is 1. The first-order valence-electron chi connectivity index (χ1n) is 9.11. The molecule has 0 radical (unpaired) electrons. The molecule has 2 N–H and O–H groups in total. The van der Waals surface area contributed by atoms with Crippen molar-refractivity contribution in [3.05, 3.63) is 62.5 Å². The van der Waals surface area contributed by atoms with Crippen LogP contribution in [0.5, 0.6) is 0 Å². The van der Waals surface area contributed by atoms with Crippen LogP contribution < -0.4 is 5.32 Å². The molecule has 0 saturated heterocycles. The molecular formula is C20H24N2O6. The van der Waals surface area contributed by atoms with E-state index in [1.807, 2.05) is 6.92 Å². The fourth-order valence-corrected chi connectivity index (χ4v) is 3.29. The summed E-state index contributed by atoms with van der Waals surface area (Å²) in [5.74, 6) is -2.79. The predicted octanol–water partition coefficient (Wildman–Crippen LogP) is 3.65. The van der Waals surface area contributed by atoms with Crippen LogP contribution in [0, 0.1) is 10.1 Å². The maximum atomic E-state index is 12.8. The molecule has 0 aromatic heterocycles. The van der Waals surface area contributed by atoms with Crippen molar-refractivity contribution in [2.24, 2.45) is 0 Å². The molecule has 8 nitrogen and oxygen atoms in total. The topological polar surface area (TPSA) is 119 Å². The number of benzene rings is 1. The molecule has 0 aliphatic carbocycles. The van der Waals surface area contributed by atoms with E-state index in [0.717, 1.165) is 12.8 Å². The summed E-state index contributed by atoms with van der Waals surface area (Å²) >= 11 is 0. The number of nitro groups is 1. The normalized spacial score (nSPS) is 16.6.